The van der Waals surface area contributed by atoms with Crippen molar-refractivity contribution in [2.75, 3.05) is 5.75 Å². The van der Waals surface area contributed by atoms with Crippen LogP contribution in [0.1, 0.15) is 71.6 Å². The lowest BCUT2D eigenvalue weighted by molar-refractivity contribution is -0.122. The molecule has 5 rings (SSSR count). The normalized spacial score (nSPS) is 63.1. The molecule has 0 aromatic carbocycles. The Bertz CT molecular complexity index is 486. The highest BCUT2D eigenvalue weighted by Crippen LogP contribution is 2.69. The summed E-state index contributed by atoms with van der Waals surface area (Å²) in [5, 5.41) is 10.5. The summed E-state index contributed by atoms with van der Waals surface area (Å²) in [5.41, 5.74) is 0.888. The summed E-state index contributed by atoms with van der Waals surface area (Å²) in [4.78, 5) is 0. The van der Waals surface area contributed by atoms with Gasteiger partial charge in [0.25, 0.3) is 0 Å². The van der Waals surface area contributed by atoms with Crippen molar-refractivity contribution in [2.45, 2.75) is 82.5 Å². The second-order valence-corrected chi connectivity index (χ2v) is 11.4. The molecule has 1 aliphatic heterocycles. The number of aliphatic hydroxyl groups is 1. The van der Waals surface area contributed by atoms with Gasteiger partial charge in [-0.25, -0.2) is 0 Å². The Morgan fingerprint density at radius 1 is 0.864 bits per heavy atom. The van der Waals surface area contributed by atoms with Gasteiger partial charge in [-0.3, -0.25) is 0 Å². The van der Waals surface area contributed by atoms with Crippen molar-refractivity contribution in [1.82, 2.24) is 0 Å². The van der Waals surface area contributed by atoms with E-state index in [1.54, 1.807) is 0 Å². The van der Waals surface area contributed by atoms with Crippen LogP contribution in [-0.2, 0) is 0 Å². The number of hydrogen-bond acceptors (Lipinski definition) is 2. The van der Waals surface area contributed by atoms with Crippen molar-refractivity contribution in [2.24, 2.45) is 34.5 Å². The highest BCUT2D eigenvalue weighted by Gasteiger charge is 2.62. The third-order valence-corrected chi connectivity index (χ3v) is 10.8. The van der Waals surface area contributed by atoms with E-state index in [1.165, 1.54) is 57.1 Å². The molecule has 1 spiro atoms. The van der Waals surface area contributed by atoms with E-state index in [9.17, 15) is 5.11 Å². The van der Waals surface area contributed by atoms with Crippen LogP contribution in [0.5, 0.6) is 0 Å². The van der Waals surface area contributed by atoms with Gasteiger partial charge in [-0.1, -0.05) is 13.8 Å². The maximum absolute atomic E-state index is 10.5. The molecule has 1 nitrogen and oxygen atoms in total. The first-order chi connectivity index (χ1) is 10.5. The quantitative estimate of drug-likeness (QED) is 0.642. The predicted octanol–water partition coefficient (Wildman–Crippen LogP) is 4.88. The average Bonchev–Trinajstić information content (AvgIpc) is 3.19. The standard InChI is InChI=1S/C20H32OS/c1-18-9-10-20(12-22-20)11-13(18)3-4-14-15-5-6-17(21)19(15,2)8-7-16(14)18/h13-17,21H,3-12H2,1-2H3/t13-,14+,15+,16-,17-,18-,19-,20+/m0/s1. The summed E-state index contributed by atoms with van der Waals surface area (Å²) in [5.74, 6) is 5.19. The van der Waals surface area contributed by atoms with E-state index >= 15 is 0 Å². The van der Waals surface area contributed by atoms with E-state index in [1.807, 2.05) is 0 Å². The van der Waals surface area contributed by atoms with Crippen molar-refractivity contribution in [1.29, 1.82) is 0 Å². The molecular weight excluding hydrogens is 288 g/mol. The van der Waals surface area contributed by atoms with Gasteiger partial charge in [-0.05, 0) is 92.3 Å². The molecule has 0 radical (unpaired) electrons. The van der Waals surface area contributed by atoms with E-state index in [0.717, 1.165) is 34.8 Å². The summed E-state index contributed by atoms with van der Waals surface area (Å²) >= 11 is 2.26. The highest BCUT2D eigenvalue weighted by molar-refractivity contribution is 8.07. The third kappa shape index (κ3) is 1.78. The first-order valence-corrected chi connectivity index (χ1v) is 10.8. The van der Waals surface area contributed by atoms with Crippen molar-refractivity contribution in [3.05, 3.63) is 0 Å². The minimum Gasteiger partial charge on any atom is -0.393 e. The molecule has 0 unspecified atom stereocenters. The minimum absolute atomic E-state index is 0.0125. The fourth-order valence-electron chi connectivity index (χ4n) is 7.64. The average molecular weight is 321 g/mol. The van der Waals surface area contributed by atoms with E-state index in [0.29, 0.717) is 5.41 Å². The van der Waals surface area contributed by atoms with Crippen molar-refractivity contribution in [3.8, 4) is 0 Å². The van der Waals surface area contributed by atoms with Gasteiger partial charge in [-0.15, -0.1) is 0 Å². The van der Waals surface area contributed by atoms with Gasteiger partial charge in [0.1, 0.15) is 0 Å². The van der Waals surface area contributed by atoms with Crippen LogP contribution in [0.4, 0.5) is 0 Å². The van der Waals surface area contributed by atoms with Crippen LogP contribution in [-0.4, -0.2) is 21.7 Å². The second-order valence-electron chi connectivity index (χ2n) is 9.97. The molecule has 5 aliphatic rings. The van der Waals surface area contributed by atoms with Gasteiger partial charge in [0.2, 0.25) is 0 Å². The van der Waals surface area contributed by atoms with E-state index in [-0.39, 0.29) is 11.5 Å². The van der Waals surface area contributed by atoms with Crippen molar-refractivity contribution < 1.29 is 5.11 Å². The lowest BCUT2D eigenvalue weighted by atomic mass is 9.44. The number of aliphatic hydroxyl groups excluding tert-OH is 1. The van der Waals surface area contributed by atoms with Crippen LogP contribution >= 0.6 is 11.8 Å². The Kier molecular flexibility index (Phi) is 2.98. The molecule has 124 valence electrons. The molecule has 2 heteroatoms. The van der Waals surface area contributed by atoms with Gasteiger partial charge >= 0.3 is 0 Å². The number of rotatable bonds is 0. The molecule has 22 heavy (non-hydrogen) atoms. The van der Waals surface area contributed by atoms with Crippen LogP contribution in [0, 0.1) is 34.5 Å². The van der Waals surface area contributed by atoms with Gasteiger partial charge < -0.3 is 5.11 Å². The van der Waals surface area contributed by atoms with Gasteiger partial charge in [0.05, 0.1) is 6.10 Å². The topological polar surface area (TPSA) is 20.2 Å². The van der Waals surface area contributed by atoms with Crippen LogP contribution in [0.2, 0.25) is 0 Å². The number of fused-ring (bicyclic) bond motifs is 5. The molecule has 1 heterocycles. The molecule has 8 atom stereocenters. The molecule has 5 fully saturated rings. The molecular formula is C20H32OS. The van der Waals surface area contributed by atoms with Crippen LogP contribution in [0.15, 0.2) is 0 Å². The zero-order chi connectivity index (χ0) is 15.2. The first-order valence-electron chi connectivity index (χ1n) is 9.79. The predicted molar refractivity (Wildman–Crippen MR) is 92.9 cm³/mol. The lowest BCUT2D eigenvalue weighted by Crippen LogP contribution is -2.54. The van der Waals surface area contributed by atoms with Crippen LogP contribution in [0.25, 0.3) is 0 Å². The maximum Gasteiger partial charge on any atom is 0.0596 e. The van der Waals surface area contributed by atoms with Crippen molar-refractivity contribution >= 4 is 11.8 Å². The van der Waals surface area contributed by atoms with Gasteiger partial charge in [-0.2, -0.15) is 11.8 Å². The summed E-state index contributed by atoms with van der Waals surface area (Å²) in [7, 11) is 0. The molecule has 4 aliphatic carbocycles. The fourth-order valence-corrected chi connectivity index (χ4v) is 8.68. The Labute approximate surface area is 140 Å². The molecule has 0 aromatic rings. The maximum atomic E-state index is 10.5. The SMILES string of the molecule is C[C@]12CC[C@H]3[C@H](CC[C@H]4C[C@]5(CC[C@@]43C)CS5)[C@H]1CC[C@@H]2O. The zero-order valence-electron chi connectivity index (χ0n) is 14.3. The highest BCUT2D eigenvalue weighted by atomic mass is 32.2. The largest absolute Gasteiger partial charge is 0.393 e. The fraction of sp³-hybridized carbons (Fsp3) is 1.00. The summed E-state index contributed by atoms with van der Waals surface area (Å²) in [6.07, 6.45) is 12.6. The van der Waals surface area contributed by atoms with Crippen LogP contribution < -0.4 is 0 Å². The molecule has 1 saturated heterocycles. The Hall–Kier alpha value is 0.310. The lowest BCUT2D eigenvalue weighted by Gasteiger charge is -2.61. The summed E-state index contributed by atoms with van der Waals surface area (Å²) in [6, 6.07) is 0. The summed E-state index contributed by atoms with van der Waals surface area (Å²) in [6.45, 7) is 5.08. The monoisotopic (exact) mass is 320 g/mol. The summed E-state index contributed by atoms with van der Waals surface area (Å²) < 4.78 is 0.740. The Balaban J connectivity index is 1.44. The first kappa shape index (κ1) is 14.6. The molecule has 4 saturated carbocycles. The molecule has 0 aromatic heterocycles. The van der Waals surface area contributed by atoms with Gasteiger partial charge in [0, 0.05) is 10.5 Å². The third-order valence-electron chi connectivity index (χ3n) is 9.31. The molecule has 0 amide bonds. The van der Waals surface area contributed by atoms with E-state index < -0.39 is 0 Å². The molecule has 1 N–H and O–H groups in total. The van der Waals surface area contributed by atoms with Crippen LogP contribution in [0.3, 0.4) is 0 Å². The Morgan fingerprint density at radius 3 is 2.41 bits per heavy atom. The zero-order valence-corrected chi connectivity index (χ0v) is 15.1. The van der Waals surface area contributed by atoms with E-state index in [4.69, 9.17) is 0 Å². The Morgan fingerprint density at radius 2 is 1.64 bits per heavy atom. The number of thioether (sulfide) groups is 1. The second kappa shape index (κ2) is 4.48. The van der Waals surface area contributed by atoms with Crippen molar-refractivity contribution in [3.63, 3.8) is 0 Å². The smallest absolute Gasteiger partial charge is 0.0596 e. The number of hydrogen-bond donors (Lipinski definition) is 1. The van der Waals surface area contributed by atoms with Gasteiger partial charge in [0.15, 0.2) is 0 Å². The molecule has 0 bridgehead atoms. The minimum atomic E-state index is -0.0125. The van der Waals surface area contributed by atoms with E-state index in [2.05, 4.69) is 25.6 Å².